The number of primary sulfonamides is 1. The highest BCUT2D eigenvalue weighted by molar-refractivity contribution is 7.97. The zero-order valence-corrected chi connectivity index (χ0v) is 14.3. The minimum Gasteiger partial charge on any atom is -0.368 e. The summed E-state index contributed by atoms with van der Waals surface area (Å²) in [6.45, 7) is 0. The molecular weight excluding hydrogens is 375 g/mol. The Morgan fingerprint density at radius 1 is 1.16 bits per heavy atom. The molecule has 4 N–H and O–H groups in total. The molecule has 25 heavy (non-hydrogen) atoms. The van der Waals surface area contributed by atoms with Gasteiger partial charge in [0.05, 0.1) is 22.3 Å². The van der Waals surface area contributed by atoms with Crippen LogP contribution in [0, 0.1) is 0 Å². The fraction of sp³-hybridized carbons (Fsp3) is 0.200. The topological polar surface area (TPSA) is 84.2 Å². The molecule has 0 aromatic heterocycles. The van der Waals surface area contributed by atoms with Crippen LogP contribution in [0.1, 0.15) is 11.1 Å². The summed E-state index contributed by atoms with van der Waals surface area (Å²) in [5.74, 6) is 0. The van der Waals surface area contributed by atoms with Crippen LogP contribution in [0.5, 0.6) is 0 Å². The van der Waals surface area contributed by atoms with E-state index in [9.17, 15) is 21.6 Å². The molecule has 1 heterocycles. The SMILES string of the molecule is NS(=O)(=O)c1cc2c(cc1C(F)(F)F)NC(Cc1ccccc1)NS2. The minimum atomic E-state index is -4.83. The summed E-state index contributed by atoms with van der Waals surface area (Å²) in [7, 11) is -4.50. The number of nitrogens with one attached hydrogen (secondary N) is 2. The molecule has 2 aromatic carbocycles. The Kier molecular flexibility index (Phi) is 4.71. The highest BCUT2D eigenvalue weighted by atomic mass is 32.2. The predicted octanol–water partition coefficient (Wildman–Crippen LogP) is 2.94. The van der Waals surface area contributed by atoms with Crippen molar-refractivity contribution < 1.29 is 21.6 Å². The normalized spacial score (nSPS) is 17.7. The van der Waals surface area contributed by atoms with Gasteiger partial charge in [0.1, 0.15) is 0 Å². The third-order valence-electron chi connectivity index (χ3n) is 3.62. The van der Waals surface area contributed by atoms with Gasteiger partial charge in [-0.3, -0.25) is 0 Å². The van der Waals surface area contributed by atoms with E-state index in [1.807, 2.05) is 30.3 Å². The first kappa shape index (κ1) is 18.1. The van der Waals surface area contributed by atoms with Crippen molar-refractivity contribution in [3.8, 4) is 0 Å². The zero-order chi connectivity index (χ0) is 18.2. The summed E-state index contributed by atoms with van der Waals surface area (Å²) in [5, 5.41) is 7.91. The summed E-state index contributed by atoms with van der Waals surface area (Å²) in [4.78, 5) is -0.599. The van der Waals surface area contributed by atoms with E-state index >= 15 is 0 Å². The number of hydrogen-bond donors (Lipinski definition) is 3. The largest absolute Gasteiger partial charge is 0.417 e. The summed E-state index contributed by atoms with van der Waals surface area (Å²) < 4.78 is 65.8. The van der Waals surface area contributed by atoms with Crippen molar-refractivity contribution in [2.75, 3.05) is 5.32 Å². The van der Waals surface area contributed by atoms with Crippen LogP contribution in [0.4, 0.5) is 18.9 Å². The van der Waals surface area contributed by atoms with E-state index in [-0.39, 0.29) is 11.9 Å². The van der Waals surface area contributed by atoms with E-state index in [1.165, 1.54) is 0 Å². The van der Waals surface area contributed by atoms with Crippen molar-refractivity contribution in [1.29, 1.82) is 0 Å². The number of alkyl halides is 3. The molecule has 134 valence electrons. The monoisotopic (exact) mass is 389 g/mol. The first-order valence-corrected chi connectivity index (χ1v) is 9.52. The van der Waals surface area contributed by atoms with Gasteiger partial charge in [-0.15, -0.1) is 0 Å². The molecular formula is C15H14F3N3O2S2. The first-order valence-electron chi connectivity index (χ1n) is 7.15. The van der Waals surface area contributed by atoms with Gasteiger partial charge in [0.15, 0.2) is 0 Å². The molecule has 0 aliphatic carbocycles. The maximum atomic E-state index is 13.2. The van der Waals surface area contributed by atoms with Crippen molar-refractivity contribution in [1.82, 2.24) is 4.72 Å². The van der Waals surface area contributed by atoms with Crippen molar-refractivity contribution in [2.24, 2.45) is 5.14 Å². The number of anilines is 1. The van der Waals surface area contributed by atoms with Crippen LogP contribution in [0.25, 0.3) is 0 Å². The number of benzene rings is 2. The molecule has 0 amide bonds. The van der Waals surface area contributed by atoms with E-state index in [2.05, 4.69) is 10.0 Å². The molecule has 1 aliphatic heterocycles. The Balaban J connectivity index is 1.94. The van der Waals surface area contributed by atoms with Gasteiger partial charge in [0, 0.05) is 11.3 Å². The van der Waals surface area contributed by atoms with Gasteiger partial charge in [0.25, 0.3) is 0 Å². The van der Waals surface area contributed by atoms with Gasteiger partial charge in [-0.1, -0.05) is 30.3 Å². The minimum absolute atomic E-state index is 0.212. The van der Waals surface area contributed by atoms with Gasteiger partial charge in [-0.05, 0) is 29.6 Å². The maximum absolute atomic E-state index is 13.2. The van der Waals surface area contributed by atoms with Crippen LogP contribution < -0.4 is 15.2 Å². The lowest BCUT2D eigenvalue weighted by Crippen LogP contribution is -2.37. The fourth-order valence-electron chi connectivity index (χ4n) is 2.51. The highest BCUT2D eigenvalue weighted by Gasteiger charge is 2.38. The number of halogens is 3. The molecule has 1 aliphatic rings. The van der Waals surface area contributed by atoms with Crippen molar-refractivity contribution >= 4 is 27.7 Å². The van der Waals surface area contributed by atoms with E-state index in [4.69, 9.17) is 5.14 Å². The molecule has 1 unspecified atom stereocenters. The Hall–Kier alpha value is -1.75. The molecule has 0 spiro atoms. The lowest BCUT2D eigenvalue weighted by atomic mass is 10.1. The van der Waals surface area contributed by atoms with Crippen LogP contribution in [0.15, 0.2) is 52.3 Å². The van der Waals surface area contributed by atoms with Crippen LogP contribution in [0.3, 0.4) is 0 Å². The lowest BCUT2D eigenvalue weighted by molar-refractivity contribution is -0.139. The van der Waals surface area contributed by atoms with E-state index in [0.717, 1.165) is 29.6 Å². The van der Waals surface area contributed by atoms with Crippen LogP contribution in [-0.4, -0.2) is 14.6 Å². The summed E-state index contributed by atoms with van der Waals surface area (Å²) in [6.07, 6.45) is -4.59. The average molecular weight is 389 g/mol. The first-order chi connectivity index (χ1) is 11.6. The molecule has 0 radical (unpaired) electrons. The lowest BCUT2D eigenvalue weighted by Gasteiger charge is -2.29. The van der Waals surface area contributed by atoms with E-state index in [1.54, 1.807) is 0 Å². The second-order valence-corrected chi connectivity index (χ2v) is 7.90. The Morgan fingerprint density at radius 2 is 1.84 bits per heavy atom. The third-order valence-corrected chi connectivity index (χ3v) is 5.53. The number of nitrogens with two attached hydrogens (primary N) is 1. The predicted molar refractivity (Wildman–Crippen MR) is 89.4 cm³/mol. The van der Waals surface area contributed by atoms with Crippen LogP contribution >= 0.6 is 11.9 Å². The molecule has 0 saturated heterocycles. The molecule has 5 nitrogen and oxygen atoms in total. The van der Waals surface area contributed by atoms with Crippen LogP contribution in [-0.2, 0) is 22.6 Å². The molecule has 1 atom stereocenters. The van der Waals surface area contributed by atoms with Crippen molar-refractivity contribution in [2.45, 2.75) is 28.6 Å². The third kappa shape index (κ3) is 4.09. The fourth-order valence-corrected chi connectivity index (χ4v) is 4.16. The molecule has 0 saturated carbocycles. The van der Waals surface area contributed by atoms with Gasteiger partial charge in [-0.2, -0.15) is 13.2 Å². The molecule has 3 rings (SSSR count). The van der Waals surface area contributed by atoms with Crippen molar-refractivity contribution in [3.05, 3.63) is 53.6 Å². The Labute approximate surface area is 147 Å². The van der Waals surface area contributed by atoms with Gasteiger partial charge < -0.3 is 5.32 Å². The van der Waals surface area contributed by atoms with E-state index in [0.29, 0.717) is 11.3 Å². The highest BCUT2D eigenvalue weighted by Crippen LogP contribution is 2.41. The van der Waals surface area contributed by atoms with Crippen molar-refractivity contribution in [3.63, 3.8) is 0 Å². The van der Waals surface area contributed by atoms with Gasteiger partial charge in [0.2, 0.25) is 10.0 Å². The van der Waals surface area contributed by atoms with E-state index < -0.39 is 26.7 Å². The number of hydrogen-bond acceptors (Lipinski definition) is 5. The quantitative estimate of drug-likeness (QED) is 0.703. The summed E-state index contributed by atoms with van der Waals surface area (Å²) in [5.41, 5.74) is -0.0552. The maximum Gasteiger partial charge on any atom is 0.417 e. The van der Waals surface area contributed by atoms with Gasteiger partial charge in [-0.25, -0.2) is 18.3 Å². The Bertz CT molecular complexity index is 887. The molecule has 10 heteroatoms. The van der Waals surface area contributed by atoms with Gasteiger partial charge >= 0.3 is 6.18 Å². The summed E-state index contributed by atoms with van der Waals surface area (Å²) >= 11 is 1.07. The number of rotatable bonds is 3. The number of sulfonamides is 1. The zero-order valence-electron chi connectivity index (χ0n) is 12.7. The smallest absolute Gasteiger partial charge is 0.368 e. The summed E-state index contributed by atoms with van der Waals surface area (Å²) in [6, 6.07) is 11.2. The second-order valence-electron chi connectivity index (χ2n) is 5.49. The second kappa shape index (κ2) is 6.52. The number of fused-ring (bicyclic) bond motifs is 1. The Morgan fingerprint density at radius 3 is 2.44 bits per heavy atom. The standard InChI is InChI=1S/C15H14F3N3O2S2/c16-15(17,18)10-7-11-12(8-13(10)25(19,22)23)24-21-14(20-11)6-9-4-2-1-3-5-9/h1-5,7-8,14,20-21H,6H2,(H2,19,22,23). The average Bonchev–Trinajstić information content (AvgIpc) is 2.53. The molecule has 0 fully saturated rings. The van der Waals surface area contributed by atoms with Crippen LogP contribution in [0.2, 0.25) is 0 Å². The molecule has 2 aromatic rings. The molecule has 0 bridgehead atoms.